The monoisotopic (exact) mass is 288 g/mol. The Morgan fingerprint density at radius 2 is 2.24 bits per heavy atom. The smallest absolute Gasteiger partial charge is 0.251 e. The number of nitrogens with zero attached hydrogens (tertiary/aromatic N) is 4. The van der Waals surface area contributed by atoms with Gasteiger partial charge < -0.3 is 14.2 Å². The molecule has 21 heavy (non-hydrogen) atoms. The molecule has 0 radical (unpaired) electrons. The van der Waals surface area contributed by atoms with Crippen LogP contribution in [0, 0.1) is 0 Å². The van der Waals surface area contributed by atoms with Gasteiger partial charge >= 0.3 is 0 Å². The van der Waals surface area contributed by atoms with Gasteiger partial charge in [0, 0.05) is 31.6 Å². The summed E-state index contributed by atoms with van der Waals surface area (Å²) in [5, 5.41) is 3.91. The van der Waals surface area contributed by atoms with Crippen molar-refractivity contribution in [2.45, 2.75) is 25.5 Å². The summed E-state index contributed by atoms with van der Waals surface area (Å²) >= 11 is 0. The van der Waals surface area contributed by atoms with E-state index < -0.39 is 0 Å². The van der Waals surface area contributed by atoms with Gasteiger partial charge in [-0.3, -0.25) is 9.78 Å². The van der Waals surface area contributed by atoms with E-state index in [9.17, 15) is 4.79 Å². The minimum atomic E-state index is -0.336. The Balaban J connectivity index is 1.65. The van der Waals surface area contributed by atoms with Gasteiger partial charge in [0.1, 0.15) is 6.10 Å². The first-order chi connectivity index (χ1) is 10.2. The molecule has 1 fully saturated rings. The maximum Gasteiger partial charge on any atom is 0.251 e. The molecule has 1 amide bonds. The Hall–Kier alpha value is -2.28. The average molecular weight is 288 g/mol. The van der Waals surface area contributed by atoms with Gasteiger partial charge in [-0.2, -0.15) is 4.98 Å². The highest BCUT2D eigenvalue weighted by Crippen LogP contribution is 2.17. The van der Waals surface area contributed by atoms with Crippen LogP contribution in [0.1, 0.15) is 18.7 Å². The molecule has 110 valence electrons. The topological polar surface area (TPSA) is 81.4 Å². The van der Waals surface area contributed by atoms with E-state index in [1.54, 1.807) is 36.5 Å². The molecule has 1 atom stereocenters. The van der Waals surface area contributed by atoms with E-state index in [2.05, 4.69) is 15.1 Å². The number of carbonyl (C=O) groups excluding carboxylic acids is 1. The van der Waals surface area contributed by atoms with Crippen molar-refractivity contribution in [1.82, 2.24) is 20.0 Å². The quantitative estimate of drug-likeness (QED) is 0.842. The Morgan fingerprint density at radius 1 is 1.43 bits per heavy atom. The molecule has 1 aliphatic rings. The van der Waals surface area contributed by atoms with Gasteiger partial charge in [0.25, 0.3) is 5.91 Å². The van der Waals surface area contributed by atoms with Gasteiger partial charge in [0.15, 0.2) is 0 Å². The number of likely N-dealkylation sites (N-methyl/N-ethyl adjacent to an activating group) is 1. The maximum absolute atomic E-state index is 12.1. The Labute approximate surface area is 121 Å². The number of ether oxygens (including phenoxy) is 1. The number of rotatable bonds is 4. The highest BCUT2D eigenvalue weighted by Gasteiger charge is 2.27. The molecule has 7 nitrogen and oxygen atoms in total. The zero-order chi connectivity index (χ0) is 14.7. The predicted octanol–water partition coefficient (Wildman–Crippen LogP) is 1.27. The van der Waals surface area contributed by atoms with Crippen LogP contribution in [0.4, 0.5) is 0 Å². The van der Waals surface area contributed by atoms with E-state index in [0.717, 1.165) is 18.4 Å². The van der Waals surface area contributed by atoms with Crippen molar-refractivity contribution in [2.75, 3.05) is 13.7 Å². The molecule has 7 heteroatoms. The largest absolute Gasteiger partial charge is 0.368 e. The van der Waals surface area contributed by atoms with Crippen LogP contribution in [0.3, 0.4) is 0 Å². The fourth-order valence-corrected chi connectivity index (χ4v) is 2.24. The number of aromatic nitrogens is 3. The fraction of sp³-hybridized carbons (Fsp3) is 0.429. The zero-order valence-corrected chi connectivity index (χ0v) is 11.7. The van der Waals surface area contributed by atoms with E-state index in [1.165, 1.54) is 0 Å². The molecule has 3 rings (SSSR count). The lowest BCUT2D eigenvalue weighted by atomic mass is 10.2. The highest BCUT2D eigenvalue weighted by atomic mass is 16.5. The molecule has 1 saturated heterocycles. The van der Waals surface area contributed by atoms with Gasteiger partial charge in [-0.05, 0) is 25.0 Å². The van der Waals surface area contributed by atoms with E-state index in [4.69, 9.17) is 9.26 Å². The Bertz CT molecular complexity index is 608. The molecule has 0 bridgehead atoms. The lowest BCUT2D eigenvalue weighted by Crippen LogP contribution is -2.35. The van der Waals surface area contributed by atoms with Gasteiger partial charge in [0.05, 0.1) is 6.54 Å². The van der Waals surface area contributed by atoms with Crippen molar-refractivity contribution >= 4 is 5.91 Å². The first kappa shape index (κ1) is 13.7. The summed E-state index contributed by atoms with van der Waals surface area (Å²) in [6.07, 6.45) is 4.70. The molecule has 0 aliphatic carbocycles. The van der Waals surface area contributed by atoms with E-state index in [1.807, 2.05) is 0 Å². The first-order valence-electron chi connectivity index (χ1n) is 6.83. The molecule has 0 spiro atoms. The summed E-state index contributed by atoms with van der Waals surface area (Å²) in [4.78, 5) is 21.9. The minimum Gasteiger partial charge on any atom is -0.368 e. The number of amides is 1. The minimum absolute atomic E-state index is 0.0452. The number of pyridine rings is 1. The molecule has 2 aromatic rings. The lowest BCUT2D eigenvalue weighted by molar-refractivity contribution is -0.140. The van der Waals surface area contributed by atoms with Crippen LogP contribution >= 0.6 is 0 Å². The van der Waals surface area contributed by atoms with Crippen molar-refractivity contribution in [3.63, 3.8) is 0 Å². The van der Waals surface area contributed by atoms with E-state index >= 15 is 0 Å². The van der Waals surface area contributed by atoms with Crippen molar-refractivity contribution in [3.05, 3.63) is 30.4 Å². The Kier molecular flexibility index (Phi) is 3.92. The summed E-state index contributed by atoms with van der Waals surface area (Å²) in [7, 11) is 1.71. The summed E-state index contributed by atoms with van der Waals surface area (Å²) in [5.74, 6) is 0.845. The standard InChI is InChI=1S/C14H16N4O3/c1-18(14(19)11-3-2-8-20-11)9-12-16-13(17-21-12)10-4-6-15-7-5-10/h4-7,11H,2-3,8-9H2,1H3/t11-/m1/s1. The lowest BCUT2D eigenvalue weighted by Gasteiger charge is -2.18. The zero-order valence-electron chi connectivity index (χ0n) is 11.7. The molecule has 3 heterocycles. The predicted molar refractivity (Wildman–Crippen MR) is 73.0 cm³/mol. The second-order valence-electron chi connectivity index (χ2n) is 4.94. The third-order valence-corrected chi connectivity index (χ3v) is 3.36. The molecule has 0 aromatic carbocycles. The van der Waals surface area contributed by atoms with Gasteiger partial charge in [0.2, 0.25) is 11.7 Å². The van der Waals surface area contributed by atoms with Crippen LogP contribution in [0.5, 0.6) is 0 Å². The molecule has 0 N–H and O–H groups in total. The average Bonchev–Trinajstić information content (AvgIpc) is 3.19. The number of hydrogen-bond acceptors (Lipinski definition) is 6. The summed E-state index contributed by atoms with van der Waals surface area (Å²) < 4.78 is 10.6. The van der Waals surface area contributed by atoms with Crippen LogP contribution in [0.2, 0.25) is 0 Å². The summed E-state index contributed by atoms with van der Waals surface area (Å²) in [6.45, 7) is 0.924. The molecular formula is C14H16N4O3. The molecular weight excluding hydrogens is 272 g/mol. The van der Waals surface area contributed by atoms with E-state index in [-0.39, 0.29) is 18.6 Å². The van der Waals surface area contributed by atoms with Crippen LogP contribution in [-0.4, -0.2) is 45.7 Å². The van der Waals surface area contributed by atoms with Crippen molar-refractivity contribution in [3.8, 4) is 11.4 Å². The SMILES string of the molecule is CN(Cc1nc(-c2ccncc2)no1)C(=O)[C@H]1CCCO1. The highest BCUT2D eigenvalue weighted by molar-refractivity contribution is 5.80. The summed E-state index contributed by atoms with van der Waals surface area (Å²) in [6, 6.07) is 3.60. The van der Waals surface area contributed by atoms with E-state index in [0.29, 0.717) is 18.3 Å². The van der Waals surface area contributed by atoms with Gasteiger partial charge in [-0.25, -0.2) is 0 Å². The first-order valence-corrected chi connectivity index (χ1v) is 6.83. The normalized spacial score (nSPS) is 17.9. The van der Waals surface area contributed by atoms with Crippen LogP contribution in [0.15, 0.2) is 29.0 Å². The Morgan fingerprint density at radius 3 is 2.95 bits per heavy atom. The third-order valence-electron chi connectivity index (χ3n) is 3.36. The van der Waals surface area contributed by atoms with Crippen molar-refractivity contribution in [2.24, 2.45) is 0 Å². The van der Waals surface area contributed by atoms with Crippen molar-refractivity contribution < 1.29 is 14.1 Å². The van der Waals surface area contributed by atoms with Crippen LogP contribution < -0.4 is 0 Å². The molecule has 1 aliphatic heterocycles. The second-order valence-corrected chi connectivity index (χ2v) is 4.94. The third kappa shape index (κ3) is 3.08. The van der Waals surface area contributed by atoms with Gasteiger partial charge in [-0.15, -0.1) is 0 Å². The van der Waals surface area contributed by atoms with Crippen LogP contribution in [0.25, 0.3) is 11.4 Å². The molecule has 2 aromatic heterocycles. The van der Waals surface area contributed by atoms with Crippen molar-refractivity contribution in [1.29, 1.82) is 0 Å². The van der Waals surface area contributed by atoms with Gasteiger partial charge in [-0.1, -0.05) is 5.16 Å². The maximum atomic E-state index is 12.1. The molecule has 0 saturated carbocycles. The number of carbonyl (C=O) groups is 1. The fourth-order valence-electron chi connectivity index (χ4n) is 2.24. The summed E-state index contributed by atoms with van der Waals surface area (Å²) in [5.41, 5.74) is 0.827. The number of hydrogen-bond donors (Lipinski definition) is 0. The molecule has 0 unspecified atom stereocenters. The van der Waals surface area contributed by atoms with Crippen LogP contribution in [-0.2, 0) is 16.1 Å². The second kappa shape index (κ2) is 6.01.